The Bertz CT molecular complexity index is 6970. The average Bonchev–Trinajstić information content (AvgIpc) is 1.59. The number of benzene rings is 16. The van der Waals surface area contributed by atoms with E-state index in [4.69, 9.17) is 0 Å². The second kappa shape index (κ2) is 27.3. The smallest absolute Gasteiger partial charge is 0.0607 e. The van der Waals surface area contributed by atoms with Crippen LogP contribution in [-0.4, -0.2) is 0 Å². The van der Waals surface area contributed by atoms with Gasteiger partial charge in [0.05, 0.1) is 45.5 Å². The Balaban J connectivity index is 0.492. The van der Waals surface area contributed by atoms with Crippen LogP contribution in [-0.2, 0) is 16.2 Å². The van der Waals surface area contributed by atoms with E-state index >= 15 is 0 Å². The number of fused-ring (bicyclic) bond motifs is 19. The molecule has 0 bridgehead atoms. The van der Waals surface area contributed by atoms with E-state index in [-0.39, 0.29) is 16.2 Å². The topological polar surface area (TPSA) is 13.0 Å². The maximum Gasteiger partial charge on any atom is 0.0607 e. The molecule has 16 aromatic carbocycles. The highest BCUT2D eigenvalue weighted by Gasteiger charge is 2.47. The highest BCUT2D eigenvalue weighted by atomic mass is 32.2. The number of nitrogens with zero attached hydrogens (tertiary/aromatic N) is 4. The molecule has 568 valence electrons. The lowest BCUT2D eigenvalue weighted by atomic mass is 9.76. The van der Waals surface area contributed by atoms with Crippen molar-refractivity contribution in [1.82, 2.24) is 0 Å². The first kappa shape index (κ1) is 70.8. The number of rotatable bonds is 10. The van der Waals surface area contributed by atoms with Gasteiger partial charge in [0.1, 0.15) is 0 Å². The third-order valence-corrected chi connectivity index (χ3v) is 31.1. The molecule has 4 heterocycles. The summed E-state index contributed by atoms with van der Waals surface area (Å²) in [4.78, 5) is 20.0. The molecule has 0 saturated heterocycles. The van der Waals surface area contributed by atoms with Crippen molar-refractivity contribution >= 4 is 140 Å². The minimum absolute atomic E-state index is 0.0510. The summed E-state index contributed by atoms with van der Waals surface area (Å²) in [7, 11) is 0. The predicted octanol–water partition coefficient (Wildman–Crippen LogP) is 32.6. The third-order valence-electron chi connectivity index (χ3n) is 26.5. The fraction of sp³-hybridized carbons (Fsp3) is 0.0991. The molecule has 0 N–H and O–H groups in total. The number of para-hydroxylation sites is 6. The van der Waals surface area contributed by atoms with Gasteiger partial charge in [0, 0.05) is 78.2 Å². The third kappa shape index (κ3) is 11.2. The maximum absolute atomic E-state index is 2.58. The maximum atomic E-state index is 2.58. The van der Waals surface area contributed by atoms with Gasteiger partial charge in [-0.1, -0.05) is 312 Å². The van der Waals surface area contributed by atoms with Crippen molar-refractivity contribution in [3.05, 3.63) is 395 Å². The monoisotopic (exact) mass is 1600 g/mol. The van der Waals surface area contributed by atoms with Crippen molar-refractivity contribution in [1.29, 1.82) is 0 Å². The van der Waals surface area contributed by atoms with Crippen LogP contribution in [0.4, 0.5) is 68.2 Å². The molecule has 0 amide bonds. The fourth-order valence-electron chi connectivity index (χ4n) is 20.7. The van der Waals surface area contributed by atoms with E-state index < -0.39 is 0 Å². The van der Waals surface area contributed by atoms with Gasteiger partial charge in [0.2, 0.25) is 0 Å². The van der Waals surface area contributed by atoms with Crippen molar-refractivity contribution in [2.45, 2.75) is 109 Å². The average molecular weight is 1600 g/mol. The molecule has 8 heteroatoms. The molecular formula is C111H80N4S4. The highest BCUT2D eigenvalue weighted by molar-refractivity contribution is 8.00. The van der Waals surface area contributed by atoms with E-state index in [2.05, 4.69) is 411 Å². The van der Waals surface area contributed by atoms with E-state index in [9.17, 15) is 0 Å². The molecule has 4 nitrogen and oxygen atoms in total. The van der Waals surface area contributed by atoms with Crippen molar-refractivity contribution in [2.75, 3.05) is 19.6 Å². The minimum atomic E-state index is -0.183. The number of hydrogen-bond acceptors (Lipinski definition) is 8. The van der Waals surface area contributed by atoms with Crippen molar-refractivity contribution < 1.29 is 0 Å². The van der Waals surface area contributed by atoms with Crippen LogP contribution in [0.3, 0.4) is 0 Å². The number of hydrogen-bond donors (Lipinski definition) is 0. The van der Waals surface area contributed by atoms with Crippen molar-refractivity contribution in [2.24, 2.45) is 0 Å². The van der Waals surface area contributed by atoms with Crippen molar-refractivity contribution in [3.8, 4) is 55.6 Å². The quantitative estimate of drug-likeness (QED) is 0.124. The largest absolute Gasteiger partial charge is 0.308 e. The van der Waals surface area contributed by atoms with Gasteiger partial charge in [-0.2, -0.15) is 0 Å². The predicted molar refractivity (Wildman–Crippen MR) is 503 cm³/mol. The Hall–Kier alpha value is -12.4. The molecule has 8 aliphatic rings. The van der Waals surface area contributed by atoms with Gasteiger partial charge in [-0.15, -0.1) is 0 Å². The molecule has 119 heavy (non-hydrogen) atoms. The van der Waals surface area contributed by atoms with E-state index in [1.54, 1.807) is 0 Å². The molecule has 4 aliphatic carbocycles. The van der Waals surface area contributed by atoms with Gasteiger partial charge in [-0.25, -0.2) is 0 Å². The van der Waals surface area contributed by atoms with Crippen LogP contribution < -0.4 is 19.6 Å². The minimum Gasteiger partial charge on any atom is -0.308 e. The molecule has 0 atom stereocenters. The van der Waals surface area contributed by atoms with Gasteiger partial charge in [0.15, 0.2) is 0 Å². The first-order chi connectivity index (χ1) is 58.4. The first-order valence-corrected chi connectivity index (χ1v) is 44.9. The lowest BCUT2D eigenvalue weighted by Crippen LogP contribution is -2.21. The molecule has 0 unspecified atom stereocenters. The molecule has 4 aliphatic heterocycles. The Morgan fingerprint density at radius 1 is 0.227 bits per heavy atom. The Morgan fingerprint density at radius 3 is 1.03 bits per heavy atom. The zero-order chi connectivity index (χ0) is 79.0. The van der Waals surface area contributed by atoms with Gasteiger partial charge in [0.25, 0.3) is 0 Å². The lowest BCUT2D eigenvalue weighted by Gasteiger charge is -2.35. The summed E-state index contributed by atoms with van der Waals surface area (Å²) in [6, 6.07) is 129. The normalized spacial score (nSPS) is 15.7. The summed E-state index contributed by atoms with van der Waals surface area (Å²) >= 11 is 7.48. The van der Waals surface area contributed by atoms with E-state index in [1.807, 2.05) is 47.0 Å². The van der Waals surface area contributed by atoms with Crippen LogP contribution in [0.15, 0.2) is 379 Å². The van der Waals surface area contributed by atoms with E-state index in [0.717, 1.165) is 24.1 Å². The van der Waals surface area contributed by atoms with Gasteiger partial charge >= 0.3 is 0 Å². The molecule has 0 radical (unpaired) electrons. The standard InChI is InChI=1S/C111H80N4S4/c1-109(2)87-61-70(43-52-81(87)83-55-49-77(66-89(83)109)112-93-24-5-11-31-101(93)116-102-32-12-6-25-94(102)112)38-37-69-41-46-73(47-42-69)74-21-19-22-76(64-74)115-98-29-10-16-36-106(98)119-108-80(23-20-30-100(108)115)75-48-58-99-107(65-75)118-105-35-15-9-28-97(105)114(99)79-51-57-86-85-54-45-72(63-91(85)111(92(86)68-79)59-17-18-60-111)40-39-71-44-53-82-84-56-50-78(67-90(84)110(3,4)88(82)62-71)113-95-26-7-13-33-103(95)117-104-34-14-8-27-96(104)113/h5-16,19-58,61-68H,17-18,59-60H2,1-4H3. The van der Waals surface area contributed by atoms with Crippen LogP contribution >= 0.6 is 47.0 Å². The summed E-state index contributed by atoms with van der Waals surface area (Å²) in [6.07, 6.45) is 14.0. The van der Waals surface area contributed by atoms with Crippen LogP contribution in [0.1, 0.15) is 109 Å². The zero-order valence-corrected chi connectivity index (χ0v) is 69.7. The van der Waals surface area contributed by atoms with E-state index in [0.29, 0.717) is 0 Å². The molecule has 1 saturated carbocycles. The molecule has 1 spiro atoms. The van der Waals surface area contributed by atoms with Crippen molar-refractivity contribution in [3.63, 3.8) is 0 Å². The Kier molecular flexibility index (Phi) is 16.3. The van der Waals surface area contributed by atoms with Crippen LogP contribution in [0.5, 0.6) is 0 Å². The summed E-state index contributed by atoms with van der Waals surface area (Å²) in [6.45, 7) is 9.59. The van der Waals surface area contributed by atoms with Crippen LogP contribution in [0.2, 0.25) is 0 Å². The molecule has 16 aromatic rings. The molecule has 1 fully saturated rings. The lowest BCUT2D eigenvalue weighted by molar-refractivity contribution is 0.550. The molecule has 24 rings (SSSR count). The molecular weight excluding hydrogens is 1520 g/mol. The van der Waals surface area contributed by atoms with Crippen LogP contribution in [0.25, 0.3) is 79.9 Å². The Labute approximate surface area is 713 Å². The second-order valence-corrected chi connectivity index (χ2v) is 38.2. The highest BCUT2D eigenvalue weighted by Crippen LogP contribution is 2.63. The SMILES string of the molecule is CC1(C)c2cc(C=Cc3ccc(-c4cccc(N5c6ccccc6Sc6c(-c7ccc8c(c7)Sc7ccccc7N8c7ccc8c(c7)C7(CCCC7)c7cc(C=Cc9ccc%10c(c9)C(C)(C)c9cc(N%11c%12ccccc%12Sc%12ccccc%12%11)ccc9-%10)ccc7-8)cccc65)c4)cc3)ccc2-c2ccc(N3c4ccccc4Sc4ccccc43)cc21. The first-order valence-electron chi connectivity index (χ1n) is 41.6. The fourth-order valence-corrected chi connectivity index (χ4v) is 25.1. The number of anilines is 12. The molecule has 0 aromatic heterocycles. The second-order valence-electron chi connectivity index (χ2n) is 33.9. The summed E-state index contributed by atoms with van der Waals surface area (Å²) < 4.78 is 0. The van der Waals surface area contributed by atoms with Gasteiger partial charge < -0.3 is 19.6 Å². The summed E-state index contributed by atoms with van der Waals surface area (Å²) in [5, 5.41) is 0. The Morgan fingerprint density at radius 2 is 0.555 bits per heavy atom. The summed E-state index contributed by atoms with van der Waals surface area (Å²) in [5.74, 6) is 0. The zero-order valence-electron chi connectivity index (χ0n) is 66.4. The van der Waals surface area contributed by atoms with Gasteiger partial charge in [-0.3, -0.25) is 0 Å². The summed E-state index contributed by atoms with van der Waals surface area (Å²) in [5.41, 5.74) is 40.1. The van der Waals surface area contributed by atoms with Gasteiger partial charge in [-0.05, 0) is 264 Å². The van der Waals surface area contributed by atoms with E-state index in [1.165, 1.54) is 220 Å². The van der Waals surface area contributed by atoms with Crippen LogP contribution in [0, 0.1) is 0 Å².